The van der Waals surface area contributed by atoms with E-state index in [9.17, 15) is 14.4 Å². The van der Waals surface area contributed by atoms with Crippen LogP contribution in [0.25, 0.3) is 0 Å². The van der Waals surface area contributed by atoms with Gasteiger partial charge in [-0.15, -0.1) is 0 Å². The van der Waals surface area contributed by atoms with E-state index in [-0.39, 0.29) is 31.1 Å². The Morgan fingerprint density at radius 3 is 0.867 bits per heavy atom. The normalized spacial score (nSPS) is 12.6. The maximum atomic E-state index is 12.7. The Hall–Kier alpha value is -1.59. The molecule has 0 aromatic rings. The second kappa shape index (κ2) is 45.4. The fraction of sp³-hybridized carbons (Fsp3) is 0.944. The summed E-state index contributed by atoms with van der Waals surface area (Å²) in [5, 5.41) is 0. The lowest BCUT2D eigenvalue weighted by atomic mass is 10.00. The summed E-state index contributed by atoms with van der Waals surface area (Å²) in [6.07, 6.45) is 45.4. The summed E-state index contributed by atoms with van der Waals surface area (Å²) in [6, 6.07) is 0. The minimum absolute atomic E-state index is 0.0656. The van der Waals surface area contributed by atoms with Crippen LogP contribution in [0.2, 0.25) is 0 Å². The molecule has 0 aromatic carbocycles. The number of hydrogen-bond acceptors (Lipinski definition) is 6. The molecule has 60 heavy (non-hydrogen) atoms. The molecule has 0 saturated carbocycles. The predicted octanol–water partition coefficient (Wildman–Crippen LogP) is 17.2. The van der Waals surface area contributed by atoms with Crippen LogP contribution in [0.1, 0.15) is 292 Å². The molecule has 0 heterocycles. The van der Waals surface area contributed by atoms with Crippen LogP contribution in [0.15, 0.2) is 0 Å². The maximum absolute atomic E-state index is 12.7. The number of hydrogen-bond donors (Lipinski definition) is 0. The molecule has 0 saturated heterocycles. The molecule has 1 unspecified atom stereocenters. The van der Waals surface area contributed by atoms with Gasteiger partial charge in [0.05, 0.1) is 0 Å². The summed E-state index contributed by atoms with van der Waals surface area (Å²) >= 11 is 0. The van der Waals surface area contributed by atoms with E-state index in [1.807, 2.05) is 0 Å². The molecule has 0 aliphatic carbocycles. The first kappa shape index (κ1) is 58.4. The fourth-order valence-electron chi connectivity index (χ4n) is 8.08. The van der Waals surface area contributed by atoms with Crippen molar-refractivity contribution in [2.75, 3.05) is 13.2 Å². The van der Waals surface area contributed by atoms with Crippen LogP contribution in [-0.4, -0.2) is 37.2 Å². The molecule has 356 valence electrons. The van der Waals surface area contributed by atoms with Crippen LogP contribution in [0.4, 0.5) is 0 Å². The molecular formula is C54H104O6. The highest BCUT2D eigenvalue weighted by Gasteiger charge is 2.19. The monoisotopic (exact) mass is 849 g/mol. The van der Waals surface area contributed by atoms with Gasteiger partial charge in [0.15, 0.2) is 6.10 Å². The SMILES string of the molecule is CCC(C)CCCCCCCCC(=O)O[C@@H](COC(=O)CCCCCCCCCCCCCCCCCCCCC(C)C)COC(=O)CCCCCCCCCCC(C)C. The number of ether oxygens (including phenoxy) is 3. The van der Waals surface area contributed by atoms with Crippen LogP contribution in [0, 0.1) is 17.8 Å². The first-order valence-corrected chi connectivity index (χ1v) is 26.6. The van der Waals surface area contributed by atoms with Crippen molar-refractivity contribution in [3.63, 3.8) is 0 Å². The van der Waals surface area contributed by atoms with Crippen LogP contribution >= 0.6 is 0 Å². The first-order valence-electron chi connectivity index (χ1n) is 26.6. The first-order chi connectivity index (χ1) is 29.1. The zero-order valence-electron chi connectivity index (χ0n) is 41.3. The quantitative estimate of drug-likeness (QED) is 0.0345. The molecule has 0 aliphatic heterocycles. The summed E-state index contributed by atoms with van der Waals surface area (Å²) in [7, 11) is 0. The Labute approximate surface area is 374 Å². The van der Waals surface area contributed by atoms with Gasteiger partial charge in [-0.05, 0) is 37.0 Å². The minimum Gasteiger partial charge on any atom is -0.462 e. The smallest absolute Gasteiger partial charge is 0.306 e. The topological polar surface area (TPSA) is 78.9 Å². The highest BCUT2D eigenvalue weighted by Crippen LogP contribution is 2.18. The zero-order valence-corrected chi connectivity index (χ0v) is 41.3. The summed E-state index contributed by atoms with van der Waals surface area (Å²) in [6.45, 7) is 13.7. The predicted molar refractivity (Wildman–Crippen MR) is 256 cm³/mol. The van der Waals surface area contributed by atoms with Crippen LogP contribution < -0.4 is 0 Å². The Balaban J connectivity index is 4.19. The molecule has 0 aromatic heterocycles. The molecule has 0 aliphatic rings. The molecule has 6 nitrogen and oxygen atoms in total. The van der Waals surface area contributed by atoms with Crippen LogP contribution in [0.5, 0.6) is 0 Å². The molecule has 6 heteroatoms. The van der Waals surface area contributed by atoms with E-state index in [0.717, 1.165) is 75.5 Å². The van der Waals surface area contributed by atoms with Crippen molar-refractivity contribution in [3.05, 3.63) is 0 Å². The Kier molecular flexibility index (Phi) is 44.2. The highest BCUT2D eigenvalue weighted by molar-refractivity contribution is 5.71. The molecule has 0 rings (SSSR count). The second-order valence-corrected chi connectivity index (χ2v) is 19.7. The van der Waals surface area contributed by atoms with Crippen molar-refractivity contribution in [1.29, 1.82) is 0 Å². The second-order valence-electron chi connectivity index (χ2n) is 19.7. The largest absolute Gasteiger partial charge is 0.462 e. The summed E-state index contributed by atoms with van der Waals surface area (Å²) in [4.78, 5) is 37.9. The Morgan fingerprint density at radius 2 is 0.583 bits per heavy atom. The van der Waals surface area contributed by atoms with Crippen molar-refractivity contribution in [1.82, 2.24) is 0 Å². The fourth-order valence-corrected chi connectivity index (χ4v) is 8.08. The summed E-state index contributed by atoms with van der Waals surface area (Å²) in [5.74, 6) is 1.61. The molecule has 2 atom stereocenters. The van der Waals surface area contributed by atoms with Gasteiger partial charge < -0.3 is 14.2 Å². The van der Waals surface area contributed by atoms with E-state index in [4.69, 9.17) is 14.2 Å². The standard InChI is InChI=1S/C54H104O6/c1-7-50(6)42-36-30-26-27-33-39-45-54(57)60-51(47-59-53(56)44-38-32-25-21-20-23-29-35-41-49(4)5)46-58-52(55)43-37-31-24-19-17-15-13-11-9-8-10-12-14-16-18-22-28-34-40-48(2)3/h48-51H,7-47H2,1-6H3/t50?,51-/m0/s1. The maximum Gasteiger partial charge on any atom is 0.306 e. The van der Waals surface area contributed by atoms with Crippen molar-refractivity contribution in [2.45, 2.75) is 298 Å². The Morgan fingerprint density at radius 1 is 0.333 bits per heavy atom. The number of esters is 3. The number of carbonyl (C=O) groups is 3. The van der Waals surface area contributed by atoms with Gasteiger partial charge in [-0.1, -0.05) is 253 Å². The van der Waals surface area contributed by atoms with E-state index < -0.39 is 6.10 Å². The zero-order chi connectivity index (χ0) is 44.2. The third-order valence-corrected chi connectivity index (χ3v) is 12.5. The van der Waals surface area contributed by atoms with Gasteiger partial charge in [-0.2, -0.15) is 0 Å². The molecule has 0 spiro atoms. The van der Waals surface area contributed by atoms with Crippen molar-refractivity contribution < 1.29 is 28.6 Å². The van der Waals surface area contributed by atoms with E-state index in [1.165, 1.54) is 173 Å². The van der Waals surface area contributed by atoms with Crippen molar-refractivity contribution in [3.8, 4) is 0 Å². The van der Waals surface area contributed by atoms with Gasteiger partial charge >= 0.3 is 17.9 Å². The van der Waals surface area contributed by atoms with Crippen LogP contribution in [0.3, 0.4) is 0 Å². The van der Waals surface area contributed by atoms with Gasteiger partial charge in [-0.3, -0.25) is 14.4 Å². The van der Waals surface area contributed by atoms with Crippen LogP contribution in [-0.2, 0) is 28.6 Å². The minimum atomic E-state index is -0.763. The van der Waals surface area contributed by atoms with Gasteiger partial charge in [0, 0.05) is 19.3 Å². The molecule has 0 amide bonds. The molecule has 0 N–H and O–H groups in total. The summed E-state index contributed by atoms with van der Waals surface area (Å²) in [5.41, 5.74) is 0. The van der Waals surface area contributed by atoms with Gasteiger partial charge in [0.1, 0.15) is 13.2 Å². The Bertz CT molecular complexity index is 931. The van der Waals surface area contributed by atoms with Crippen molar-refractivity contribution in [2.24, 2.45) is 17.8 Å². The van der Waals surface area contributed by atoms with E-state index in [0.29, 0.717) is 19.3 Å². The van der Waals surface area contributed by atoms with Gasteiger partial charge in [0.25, 0.3) is 0 Å². The highest BCUT2D eigenvalue weighted by atomic mass is 16.6. The van der Waals surface area contributed by atoms with E-state index in [2.05, 4.69) is 41.5 Å². The number of rotatable bonds is 47. The van der Waals surface area contributed by atoms with Crippen molar-refractivity contribution >= 4 is 17.9 Å². The average molecular weight is 849 g/mol. The molecule has 0 bridgehead atoms. The molecular weight excluding hydrogens is 745 g/mol. The number of carbonyl (C=O) groups excluding carboxylic acids is 3. The summed E-state index contributed by atoms with van der Waals surface area (Å²) < 4.78 is 16.8. The molecule has 0 fully saturated rings. The molecule has 0 radical (unpaired) electrons. The van der Waals surface area contributed by atoms with Gasteiger partial charge in [-0.25, -0.2) is 0 Å². The van der Waals surface area contributed by atoms with E-state index in [1.54, 1.807) is 0 Å². The van der Waals surface area contributed by atoms with Gasteiger partial charge in [0.2, 0.25) is 0 Å². The lowest BCUT2D eigenvalue weighted by Gasteiger charge is -2.18. The van der Waals surface area contributed by atoms with E-state index >= 15 is 0 Å². The average Bonchev–Trinajstić information content (AvgIpc) is 3.22. The lowest BCUT2D eigenvalue weighted by molar-refractivity contribution is -0.167. The third-order valence-electron chi connectivity index (χ3n) is 12.5. The number of unbranched alkanes of at least 4 members (excludes halogenated alkanes) is 29. The third kappa shape index (κ3) is 45.9. The lowest BCUT2D eigenvalue weighted by Crippen LogP contribution is -2.30.